The van der Waals surface area contributed by atoms with Gasteiger partial charge in [0.15, 0.2) is 0 Å². The number of ether oxygens (including phenoxy) is 1. The van der Waals surface area contributed by atoms with Gasteiger partial charge in [-0.05, 0) is 68.7 Å². The Morgan fingerprint density at radius 1 is 1.13 bits per heavy atom. The molecule has 46 heavy (non-hydrogen) atoms. The first kappa shape index (κ1) is 32.4. The lowest BCUT2D eigenvalue weighted by Crippen LogP contribution is -2.43. The van der Waals surface area contributed by atoms with E-state index in [0.717, 1.165) is 36.4 Å². The van der Waals surface area contributed by atoms with Crippen molar-refractivity contribution < 1.29 is 33.5 Å². The van der Waals surface area contributed by atoms with Gasteiger partial charge in [-0.25, -0.2) is 4.39 Å². The molecule has 1 saturated carbocycles. The molecule has 2 amide bonds. The Bertz CT molecular complexity index is 1600. The summed E-state index contributed by atoms with van der Waals surface area (Å²) in [5.74, 6) is -2.38. The Labute approximate surface area is 272 Å². The van der Waals surface area contributed by atoms with Crippen LogP contribution in [0.3, 0.4) is 0 Å². The lowest BCUT2D eigenvalue weighted by atomic mass is 9.87. The number of anilines is 1. The molecule has 2 N–H and O–H groups in total. The predicted molar refractivity (Wildman–Crippen MR) is 171 cm³/mol. The third-order valence-corrected chi connectivity index (χ3v) is 9.88. The smallest absolute Gasteiger partial charge is 0.306 e. The van der Waals surface area contributed by atoms with Gasteiger partial charge in [-0.3, -0.25) is 19.2 Å². The van der Waals surface area contributed by atoms with Gasteiger partial charge in [0.1, 0.15) is 5.82 Å². The van der Waals surface area contributed by atoms with E-state index in [0.29, 0.717) is 57.4 Å². The number of hydroxylamine groups is 2. The number of likely N-dealkylation sites (tertiary alicyclic amines) is 1. The van der Waals surface area contributed by atoms with Crippen molar-refractivity contribution in [2.24, 2.45) is 13.0 Å². The van der Waals surface area contributed by atoms with Crippen LogP contribution in [0.15, 0.2) is 42.6 Å². The Balaban J connectivity index is 1.13. The summed E-state index contributed by atoms with van der Waals surface area (Å²) in [5, 5.41) is 14.9. The Morgan fingerprint density at radius 2 is 1.91 bits per heavy atom. The molecule has 0 unspecified atom stereocenters. The number of para-hydroxylation sites is 1. The number of benzene rings is 2. The third-order valence-electron chi connectivity index (χ3n) is 9.57. The van der Waals surface area contributed by atoms with Crippen LogP contribution in [0.2, 0.25) is 5.02 Å². The number of carboxylic acid groups (broad SMARTS) is 1. The molecular formula is C34H40ClFN4O6. The summed E-state index contributed by atoms with van der Waals surface area (Å²) in [6.45, 7) is 2.19. The minimum absolute atomic E-state index is 0.000637. The van der Waals surface area contributed by atoms with E-state index < -0.39 is 17.7 Å². The van der Waals surface area contributed by atoms with E-state index in [4.69, 9.17) is 21.2 Å². The summed E-state index contributed by atoms with van der Waals surface area (Å²) < 4.78 is 23.5. The number of rotatable bonds is 9. The van der Waals surface area contributed by atoms with Crippen molar-refractivity contribution in [1.29, 1.82) is 0 Å². The standard InChI is InChI=1S/C34H40ClFN4O6/c1-38-19-27(26-6-2-3-7-31(26)38)33(42)37-30-17-29(36)22(14-28(30)35)15-32(41)39-18-23(40-12-4-5-13-46-40)16-24(39)20-45-25-10-8-21(9-11-25)34(43)44/h2-3,6-7,14,17,19,21,23-25H,4-5,8-13,15-16,18,20H2,1H3,(H,37,42)(H,43,44)/t21?,23-,24-,25?/m0/s1. The topological polar surface area (TPSA) is 113 Å². The molecule has 2 saturated heterocycles. The van der Waals surface area contributed by atoms with Crippen LogP contribution in [0.25, 0.3) is 10.9 Å². The van der Waals surface area contributed by atoms with Crippen molar-refractivity contribution in [3.63, 3.8) is 0 Å². The third kappa shape index (κ3) is 7.07. The maximum atomic E-state index is 15.5. The predicted octanol–water partition coefficient (Wildman–Crippen LogP) is 5.42. The SMILES string of the molecule is Cn1cc(C(=O)Nc2cc(F)c(CC(=O)N3C[C@@H](N4CCCCO4)C[C@H]3COC3CCC(C(=O)O)CC3)cc2Cl)c2ccccc21. The number of nitrogens with zero attached hydrogens (tertiary/aromatic N) is 3. The zero-order chi connectivity index (χ0) is 32.4. The summed E-state index contributed by atoms with van der Waals surface area (Å²) in [5.41, 5.74) is 1.60. The number of aryl methyl sites for hydroxylation is 1. The van der Waals surface area contributed by atoms with Crippen LogP contribution in [0, 0.1) is 11.7 Å². The fraction of sp³-hybridized carbons (Fsp3) is 0.500. The molecule has 12 heteroatoms. The van der Waals surface area contributed by atoms with Gasteiger partial charge < -0.3 is 24.6 Å². The summed E-state index contributed by atoms with van der Waals surface area (Å²) in [7, 11) is 1.85. The molecule has 2 aromatic carbocycles. The molecule has 2 atom stereocenters. The molecule has 1 aliphatic carbocycles. The molecule has 0 radical (unpaired) electrons. The fourth-order valence-corrected chi connectivity index (χ4v) is 7.22. The van der Waals surface area contributed by atoms with Gasteiger partial charge in [0.25, 0.3) is 5.91 Å². The zero-order valence-electron chi connectivity index (χ0n) is 25.9. The first-order chi connectivity index (χ1) is 22.2. The lowest BCUT2D eigenvalue weighted by Gasteiger charge is -2.31. The summed E-state index contributed by atoms with van der Waals surface area (Å²) in [4.78, 5) is 45.9. The van der Waals surface area contributed by atoms with Crippen LogP contribution < -0.4 is 5.32 Å². The van der Waals surface area contributed by atoms with E-state index in [1.165, 1.54) is 6.07 Å². The number of carboxylic acids is 1. The average molecular weight is 655 g/mol. The summed E-state index contributed by atoms with van der Waals surface area (Å²) in [6.07, 6.45) is 6.65. The molecular weight excluding hydrogens is 615 g/mol. The number of fused-ring (bicyclic) bond motifs is 1. The van der Waals surface area contributed by atoms with E-state index in [-0.39, 0.29) is 52.7 Å². The molecule has 6 rings (SSSR count). The molecule has 2 aliphatic heterocycles. The molecule has 10 nitrogen and oxygen atoms in total. The van der Waals surface area contributed by atoms with Crippen molar-refractivity contribution in [1.82, 2.24) is 14.5 Å². The van der Waals surface area contributed by atoms with Gasteiger partial charge in [-0.15, -0.1) is 0 Å². The molecule has 246 valence electrons. The van der Waals surface area contributed by atoms with Gasteiger partial charge in [-0.1, -0.05) is 29.8 Å². The van der Waals surface area contributed by atoms with Gasteiger partial charge in [-0.2, -0.15) is 5.06 Å². The maximum Gasteiger partial charge on any atom is 0.306 e. The maximum absolute atomic E-state index is 15.5. The van der Waals surface area contributed by atoms with Crippen LogP contribution >= 0.6 is 11.6 Å². The number of nitrogens with one attached hydrogen (secondary N) is 1. The number of carbonyl (C=O) groups excluding carboxylic acids is 2. The second-order valence-corrected chi connectivity index (χ2v) is 13.0. The molecule has 3 aliphatic rings. The van der Waals surface area contributed by atoms with Crippen molar-refractivity contribution in [3.8, 4) is 0 Å². The van der Waals surface area contributed by atoms with Gasteiger partial charge in [0.2, 0.25) is 5.91 Å². The number of carbonyl (C=O) groups is 3. The van der Waals surface area contributed by atoms with Crippen LogP contribution in [0.4, 0.5) is 10.1 Å². The fourth-order valence-electron chi connectivity index (χ4n) is 6.99. The van der Waals surface area contributed by atoms with Crippen LogP contribution in [-0.2, 0) is 32.6 Å². The van der Waals surface area contributed by atoms with E-state index in [9.17, 15) is 19.5 Å². The Kier molecular flexibility index (Phi) is 9.93. The molecule has 0 spiro atoms. The van der Waals surface area contributed by atoms with Crippen molar-refractivity contribution in [2.75, 3.05) is 31.6 Å². The van der Waals surface area contributed by atoms with E-state index in [1.807, 2.05) is 40.9 Å². The minimum Gasteiger partial charge on any atom is -0.481 e. The molecule has 3 fully saturated rings. The summed E-state index contributed by atoms with van der Waals surface area (Å²) in [6, 6.07) is 9.85. The van der Waals surface area contributed by atoms with Crippen molar-refractivity contribution in [2.45, 2.75) is 69.6 Å². The quantitative estimate of drug-likeness (QED) is 0.317. The Hall–Kier alpha value is -3.51. The molecule has 3 heterocycles. The second kappa shape index (κ2) is 14.1. The van der Waals surface area contributed by atoms with Gasteiger partial charge in [0.05, 0.1) is 60.0 Å². The molecule has 0 bridgehead atoms. The molecule has 1 aromatic heterocycles. The molecule has 3 aromatic rings. The van der Waals surface area contributed by atoms with Crippen LogP contribution in [-0.4, -0.2) is 81.9 Å². The van der Waals surface area contributed by atoms with Crippen LogP contribution in [0.5, 0.6) is 0 Å². The minimum atomic E-state index is -0.761. The first-order valence-corrected chi connectivity index (χ1v) is 16.4. The highest BCUT2D eigenvalue weighted by atomic mass is 35.5. The second-order valence-electron chi connectivity index (χ2n) is 12.6. The average Bonchev–Trinajstić information content (AvgIpc) is 3.64. The van der Waals surface area contributed by atoms with Crippen molar-refractivity contribution >= 4 is 46.0 Å². The van der Waals surface area contributed by atoms with Crippen molar-refractivity contribution in [3.05, 3.63) is 64.6 Å². The largest absolute Gasteiger partial charge is 0.481 e. The number of aromatic nitrogens is 1. The first-order valence-electron chi connectivity index (χ1n) is 16.0. The summed E-state index contributed by atoms with van der Waals surface area (Å²) >= 11 is 6.53. The number of aliphatic carboxylic acids is 1. The van der Waals surface area contributed by atoms with Gasteiger partial charge in [0, 0.05) is 37.2 Å². The zero-order valence-corrected chi connectivity index (χ0v) is 26.7. The Morgan fingerprint density at radius 3 is 2.65 bits per heavy atom. The van der Waals surface area contributed by atoms with E-state index in [1.54, 1.807) is 11.1 Å². The monoisotopic (exact) mass is 654 g/mol. The van der Waals surface area contributed by atoms with E-state index >= 15 is 4.39 Å². The van der Waals surface area contributed by atoms with Crippen LogP contribution in [0.1, 0.15) is 60.9 Å². The van der Waals surface area contributed by atoms with E-state index in [2.05, 4.69) is 5.32 Å². The normalized spacial score (nSPS) is 23.9. The van der Waals surface area contributed by atoms with Gasteiger partial charge >= 0.3 is 5.97 Å². The number of halogens is 2. The highest BCUT2D eigenvalue weighted by Crippen LogP contribution is 2.32. The number of hydrogen-bond acceptors (Lipinski definition) is 6. The number of amides is 2. The number of hydrogen-bond donors (Lipinski definition) is 2. The highest BCUT2D eigenvalue weighted by Gasteiger charge is 2.40. The lowest BCUT2D eigenvalue weighted by molar-refractivity contribution is -0.203. The highest BCUT2D eigenvalue weighted by molar-refractivity contribution is 6.34.